The van der Waals surface area contributed by atoms with Crippen LogP contribution in [0.5, 0.6) is 0 Å². The summed E-state index contributed by atoms with van der Waals surface area (Å²) < 4.78 is 13.3. The number of rotatable bonds is 3. The summed E-state index contributed by atoms with van der Waals surface area (Å²) in [7, 11) is 0. The van der Waals surface area contributed by atoms with Crippen LogP contribution in [0.15, 0.2) is 18.2 Å². The summed E-state index contributed by atoms with van der Waals surface area (Å²) in [5, 5.41) is 4.51. The Balaban J connectivity index is 2.21. The average Bonchev–Trinajstić information content (AvgIpc) is 2.41. The van der Waals surface area contributed by atoms with E-state index in [0.29, 0.717) is 0 Å². The zero-order chi connectivity index (χ0) is 15.6. The molecule has 1 aliphatic heterocycles. The van der Waals surface area contributed by atoms with Crippen LogP contribution in [0, 0.1) is 5.82 Å². The molecule has 1 atom stereocenters. The molecular weight excluding hydrogens is 279 g/mol. The van der Waals surface area contributed by atoms with Gasteiger partial charge in [0.05, 0.1) is 5.56 Å². The minimum atomic E-state index is -0.877. The molecule has 0 spiro atoms. The smallest absolute Gasteiger partial charge is 0.252 e. The second-order valence-corrected chi connectivity index (χ2v) is 4.72. The number of halogens is 1. The molecule has 0 aliphatic carbocycles. The van der Waals surface area contributed by atoms with Gasteiger partial charge < -0.3 is 5.32 Å². The van der Waals surface area contributed by atoms with Gasteiger partial charge in [0, 0.05) is 12.0 Å². The number of benzene rings is 1. The third kappa shape index (κ3) is 3.31. The SMILES string of the molecule is CC(=O)c1ccc(F)cc1C(=O)NC1CCC(=O)NC1=O. The van der Waals surface area contributed by atoms with E-state index in [1.807, 2.05) is 0 Å². The third-order valence-electron chi connectivity index (χ3n) is 3.15. The zero-order valence-electron chi connectivity index (χ0n) is 11.2. The van der Waals surface area contributed by atoms with Crippen LogP contribution in [0.25, 0.3) is 0 Å². The van der Waals surface area contributed by atoms with Crippen LogP contribution in [0.3, 0.4) is 0 Å². The number of Topliss-reactive ketones (excluding diaryl/α,β-unsaturated/α-hetero) is 1. The molecule has 3 amide bonds. The monoisotopic (exact) mass is 292 g/mol. The van der Waals surface area contributed by atoms with Gasteiger partial charge in [-0.25, -0.2) is 4.39 Å². The molecule has 110 valence electrons. The molecule has 21 heavy (non-hydrogen) atoms. The summed E-state index contributed by atoms with van der Waals surface area (Å²) in [5.41, 5.74) is -0.0617. The number of hydrogen-bond donors (Lipinski definition) is 2. The van der Waals surface area contributed by atoms with E-state index in [1.165, 1.54) is 13.0 Å². The van der Waals surface area contributed by atoms with Crippen molar-refractivity contribution in [1.82, 2.24) is 10.6 Å². The molecular formula is C14H13FN2O4. The summed E-state index contributed by atoms with van der Waals surface area (Å²) >= 11 is 0. The summed E-state index contributed by atoms with van der Waals surface area (Å²) in [6.45, 7) is 1.26. The van der Waals surface area contributed by atoms with Crippen LogP contribution in [0.1, 0.15) is 40.5 Å². The van der Waals surface area contributed by atoms with Crippen molar-refractivity contribution < 1.29 is 23.6 Å². The molecule has 1 saturated heterocycles. The second kappa shape index (κ2) is 5.82. The van der Waals surface area contributed by atoms with Gasteiger partial charge in [-0.1, -0.05) is 0 Å². The Morgan fingerprint density at radius 2 is 2.00 bits per heavy atom. The maximum atomic E-state index is 13.3. The van der Waals surface area contributed by atoms with E-state index in [-0.39, 0.29) is 29.8 Å². The fraction of sp³-hybridized carbons (Fsp3) is 0.286. The Morgan fingerprint density at radius 3 is 2.62 bits per heavy atom. The van der Waals surface area contributed by atoms with Crippen LogP contribution in [0.4, 0.5) is 4.39 Å². The van der Waals surface area contributed by atoms with Crippen LogP contribution < -0.4 is 10.6 Å². The van der Waals surface area contributed by atoms with Crippen LogP contribution in [-0.4, -0.2) is 29.5 Å². The third-order valence-corrected chi connectivity index (χ3v) is 3.15. The van der Waals surface area contributed by atoms with Crippen LogP contribution in [0.2, 0.25) is 0 Å². The first kappa shape index (κ1) is 14.8. The number of amides is 3. The number of ketones is 1. The number of carbonyl (C=O) groups is 4. The first-order valence-corrected chi connectivity index (χ1v) is 6.33. The van der Waals surface area contributed by atoms with Crippen molar-refractivity contribution in [2.24, 2.45) is 0 Å². The van der Waals surface area contributed by atoms with Gasteiger partial charge >= 0.3 is 0 Å². The molecule has 0 saturated carbocycles. The van der Waals surface area contributed by atoms with Crippen molar-refractivity contribution in [3.63, 3.8) is 0 Å². The minimum Gasteiger partial charge on any atom is -0.340 e. The van der Waals surface area contributed by atoms with Crippen molar-refractivity contribution in [1.29, 1.82) is 0 Å². The Morgan fingerprint density at radius 1 is 1.29 bits per heavy atom. The number of carbonyl (C=O) groups excluding carboxylic acids is 4. The highest BCUT2D eigenvalue weighted by Crippen LogP contribution is 2.14. The first-order chi connectivity index (χ1) is 9.88. The Bertz CT molecular complexity index is 642. The number of hydrogen-bond acceptors (Lipinski definition) is 4. The highest BCUT2D eigenvalue weighted by Gasteiger charge is 2.29. The van der Waals surface area contributed by atoms with E-state index in [4.69, 9.17) is 0 Å². The maximum absolute atomic E-state index is 13.3. The molecule has 1 fully saturated rings. The van der Waals surface area contributed by atoms with Gasteiger partial charge in [-0.3, -0.25) is 24.5 Å². The molecule has 2 rings (SSSR count). The lowest BCUT2D eigenvalue weighted by Gasteiger charge is -2.22. The van der Waals surface area contributed by atoms with Crippen molar-refractivity contribution in [2.75, 3.05) is 0 Å². The van der Waals surface area contributed by atoms with Gasteiger partial charge in [0.15, 0.2) is 5.78 Å². The highest BCUT2D eigenvalue weighted by molar-refractivity contribution is 6.09. The minimum absolute atomic E-state index is 0.0705. The molecule has 1 aromatic rings. The zero-order valence-corrected chi connectivity index (χ0v) is 11.2. The summed E-state index contributed by atoms with van der Waals surface area (Å²) in [6, 6.07) is 2.37. The van der Waals surface area contributed by atoms with Crippen LogP contribution in [-0.2, 0) is 9.59 Å². The topological polar surface area (TPSA) is 92.3 Å². The van der Waals surface area contributed by atoms with Gasteiger partial charge in [-0.2, -0.15) is 0 Å². The lowest BCUT2D eigenvalue weighted by atomic mass is 10.0. The first-order valence-electron chi connectivity index (χ1n) is 6.33. The molecule has 1 aromatic carbocycles. The molecule has 1 unspecified atom stereocenters. The van der Waals surface area contributed by atoms with Gasteiger partial charge in [-0.05, 0) is 31.5 Å². The van der Waals surface area contributed by atoms with Gasteiger partial charge in [0.1, 0.15) is 11.9 Å². The molecule has 2 N–H and O–H groups in total. The molecule has 7 heteroatoms. The van der Waals surface area contributed by atoms with E-state index in [9.17, 15) is 23.6 Å². The second-order valence-electron chi connectivity index (χ2n) is 4.72. The summed E-state index contributed by atoms with van der Waals surface area (Å²) in [4.78, 5) is 46.2. The van der Waals surface area contributed by atoms with Crippen LogP contribution >= 0.6 is 0 Å². The fourth-order valence-corrected chi connectivity index (χ4v) is 2.08. The largest absolute Gasteiger partial charge is 0.340 e. The predicted molar refractivity (Wildman–Crippen MR) is 70.0 cm³/mol. The standard InChI is InChI=1S/C14H13FN2O4/c1-7(18)9-3-2-8(15)6-10(9)13(20)16-11-4-5-12(19)17-14(11)21/h2-3,6,11H,4-5H2,1H3,(H,16,20)(H,17,19,21). The molecule has 1 aliphatic rings. The fourth-order valence-electron chi connectivity index (χ4n) is 2.08. The quantitative estimate of drug-likeness (QED) is 0.629. The van der Waals surface area contributed by atoms with E-state index < -0.39 is 29.6 Å². The number of imide groups is 1. The average molecular weight is 292 g/mol. The van der Waals surface area contributed by atoms with Crippen molar-refractivity contribution in [3.8, 4) is 0 Å². The van der Waals surface area contributed by atoms with E-state index in [2.05, 4.69) is 10.6 Å². The molecule has 1 heterocycles. The van der Waals surface area contributed by atoms with Crippen molar-refractivity contribution >= 4 is 23.5 Å². The Hall–Kier alpha value is -2.57. The predicted octanol–water partition coefficient (Wildman–Crippen LogP) is 0.563. The lowest BCUT2D eigenvalue weighted by Crippen LogP contribution is -2.52. The lowest BCUT2D eigenvalue weighted by molar-refractivity contribution is -0.134. The summed E-state index contributed by atoms with van der Waals surface area (Å²) in [6.07, 6.45) is 0.278. The van der Waals surface area contributed by atoms with Gasteiger partial charge in [-0.15, -0.1) is 0 Å². The summed E-state index contributed by atoms with van der Waals surface area (Å²) in [5.74, 6) is -2.79. The molecule has 0 bridgehead atoms. The van der Waals surface area contributed by atoms with Crippen molar-refractivity contribution in [2.45, 2.75) is 25.8 Å². The van der Waals surface area contributed by atoms with Gasteiger partial charge in [0.2, 0.25) is 11.8 Å². The van der Waals surface area contributed by atoms with Crippen molar-refractivity contribution in [3.05, 3.63) is 35.1 Å². The number of nitrogens with one attached hydrogen (secondary N) is 2. The Labute approximate surface area is 119 Å². The Kier molecular flexibility index (Phi) is 4.11. The molecule has 0 radical (unpaired) electrons. The van der Waals surface area contributed by atoms with E-state index >= 15 is 0 Å². The molecule has 0 aromatic heterocycles. The molecule has 6 nitrogen and oxygen atoms in total. The van der Waals surface area contributed by atoms with E-state index in [1.54, 1.807) is 0 Å². The maximum Gasteiger partial charge on any atom is 0.252 e. The highest BCUT2D eigenvalue weighted by atomic mass is 19.1. The van der Waals surface area contributed by atoms with E-state index in [0.717, 1.165) is 12.1 Å². The normalized spacial score (nSPS) is 18.1. The number of piperidine rings is 1. The van der Waals surface area contributed by atoms with Gasteiger partial charge in [0.25, 0.3) is 5.91 Å².